The van der Waals surface area contributed by atoms with Gasteiger partial charge in [-0.1, -0.05) is 291 Å². The van der Waals surface area contributed by atoms with Crippen LogP contribution in [0.2, 0.25) is 0 Å². The van der Waals surface area contributed by atoms with Crippen LogP contribution in [0.15, 0.2) is 0 Å². The zero-order valence-electron chi connectivity index (χ0n) is 55.4. The Morgan fingerprint density at radius 2 is 0.535 bits per heavy atom. The standard InChI is InChI=1S/C67H130O17P2/c1-6-9-12-15-18-20-21-22-23-24-25-28-33-38-43-48-53-67(72)84-63(57-78-65(70)51-46-41-36-32-29-26-27-31-35-39-44-49-60(4)5)59-82-86(75,76)80-55-61(68)54-79-85(73,74)81-58-62(56-77-64(69)50-45-40-34-17-14-11-8-3)83-66(71)52-47-42-37-30-19-16-13-10-7-2/h60-63,68H,6-59H2,1-5H3,(H,73,74)(H,75,76)/t61-,62+,63+/m0/s1. The third kappa shape index (κ3) is 60.9. The molecule has 0 amide bonds. The summed E-state index contributed by atoms with van der Waals surface area (Å²) in [4.78, 5) is 72.2. The second-order valence-electron chi connectivity index (χ2n) is 24.7. The third-order valence-electron chi connectivity index (χ3n) is 15.5. The van der Waals surface area contributed by atoms with Crippen LogP contribution in [0.3, 0.4) is 0 Å². The molecule has 0 saturated heterocycles. The van der Waals surface area contributed by atoms with Gasteiger partial charge in [0, 0.05) is 25.7 Å². The van der Waals surface area contributed by atoms with Gasteiger partial charge in [-0.25, -0.2) is 9.13 Å². The summed E-state index contributed by atoms with van der Waals surface area (Å²) in [7, 11) is -9.88. The lowest BCUT2D eigenvalue weighted by molar-refractivity contribution is -0.161. The van der Waals surface area contributed by atoms with E-state index in [-0.39, 0.29) is 25.7 Å². The van der Waals surface area contributed by atoms with Crippen molar-refractivity contribution in [1.82, 2.24) is 0 Å². The SMILES string of the molecule is CCCCCCCCCCCCCCCCCCC(=O)O[C@H](COC(=O)CCCCCCCCCCCCCC(C)C)COP(=O)(O)OC[C@@H](O)COP(=O)(O)OC[C@@H](COC(=O)CCCCCCCCC)OC(=O)CCCCCCCCCCC. The Bertz CT molecular complexity index is 1670. The van der Waals surface area contributed by atoms with Crippen LogP contribution in [0.4, 0.5) is 0 Å². The zero-order valence-corrected chi connectivity index (χ0v) is 57.2. The highest BCUT2D eigenvalue weighted by Gasteiger charge is 2.30. The number of phosphoric acid groups is 2. The Kier molecular flexibility index (Phi) is 59.2. The molecule has 0 aromatic rings. The van der Waals surface area contributed by atoms with Crippen molar-refractivity contribution in [3.8, 4) is 0 Å². The maximum absolute atomic E-state index is 13.0. The summed E-state index contributed by atoms with van der Waals surface area (Å²) in [6.45, 7) is 7.17. The largest absolute Gasteiger partial charge is 0.472 e. The first-order valence-corrected chi connectivity index (χ1v) is 38.1. The van der Waals surface area contributed by atoms with Crippen molar-refractivity contribution in [3.63, 3.8) is 0 Å². The molecule has 0 aliphatic carbocycles. The lowest BCUT2D eigenvalue weighted by Gasteiger charge is -2.21. The molecule has 0 fully saturated rings. The van der Waals surface area contributed by atoms with Crippen molar-refractivity contribution < 1.29 is 80.2 Å². The van der Waals surface area contributed by atoms with Crippen LogP contribution >= 0.6 is 15.6 Å². The van der Waals surface area contributed by atoms with Gasteiger partial charge in [-0.05, 0) is 31.6 Å². The predicted molar refractivity (Wildman–Crippen MR) is 345 cm³/mol. The number of esters is 4. The van der Waals surface area contributed by atoms with Crippen LogP contribution in [0, 0.1) is 5.92 Å². The Hall–Kier alpha value is -1.94. The van der Waals surface area contributed by atoms with Crippen LogP contribution in [0.1, 0.15) is 343 Å². The van der Waals surface area contributed by atoms with Gasteiger partial charge in [0.05, 0.1) is 26.4 Å². The number of aliphatic hydroxyl groups excluding tert-OH is 1. The number of phosphoric ester groups is 2. The highest BCUT2D eigenvalue weighted by molar-refractivity contribution is 7.47. The Morgan fingerprint density at radius 1 is 0.314 bits per heavy atom. The smallest absolute Gasteiger partial charge is 0.462 e. The van der Waals surface area contributed by atoms with E-state index in [0.717, 1.165) is 109 Å². The minimum atomic E-state index is -4.95. The molecule has 86 heavy (non-hydrogen) atoms. The summed E-state index contributed by atoms with van der Waals surface area (Å²) in [5.41, 5.74) is 0. The molecular formula is C67H130O17P2. The number of carbonyl (C=O) groups is 4. The first kappa shape index (κ1) is 84.1. The van der Waals surface area contributed by atoms with Gasteiger partial charge in [0.25, 0.3) is 0 Å². The van der Waals surface area contributed by atoms with E-state index in [2.05, 4.69) is 34.6 Å². The Labute approximate surface area is 524 Å². The van der Waals surface area contributed by atoms with Crippen molar-refractivity contribution >= 4 is 39.5 Å². The first-order valence-electron chi connectivity index (χ1n) is 35.1. The van der Waals surface area contributed by atoms with Crippen molar-refractivity contribution in [1.29, 1.82) is 0 Å². The molecule has 0 aliphatic heterocycles. The highest BCUT2D eigenvalue weighted by Crippen LogP contribution is 2.45. The third-order valence-corrected chi connectivity index (χ3v) is 17.4. The average molecular weight is 1270 g/mol. The van der Waals surface area contributed by atoms with Crippen LogP contribution in [0.25, 0.3) is 0 Å². The molecule has 0 radical (unpaired) electrons. The maximum atomic E-state index is 13.0. The van der Waals surface area contributed by atoms with E-state index in [1.54, 1.807) is 0 Å². The number of rotatable bonds is 67. The van der Waals surface area contributed by atoms with Gasteiger partial charge in [-0.2, -0.15) is 0 Å². The molecule has 0 aromatic carbocycles. The topological polar surface area (TPSA) is 237 Å². The minimum absolute atomic E-state index is 0.106. The Balaban J connectivity index is 5.19. The van der Waals surface area contributed by atoms with Crippen LogP contribution < -0.4 is 0 Å². The fourth-order valence-electron chi connectivity index (χ4n) is 10.1. The number of aliphatic hydroxyl groups is 1. The lowest BCUT2D eigenvalue weighted by Crippen LogP contribution is -2.30. The second kappa shape index (κ2) is 60.6. The number of unbranched alkanes of at least 4 members (excludes halogenated alkanes) is 39. The quantitative estimate of drug-likeness (QED) is 0.0222. The number of hydrogen-bond donors (Lipinski definition) is 3. The Morgan fingerprint density at radius 3 is 0.791 bits per heavy atom. The fourth-order valence-corrected chi connectivity index (χ4v) is 11.7. The molecule has 0 saturated carbocycles. The molecule has 510 valence electrons. The zero-order chi connectivity index (χ0) is 63.5. The first-order chi connectivity index (χ1) is 41.5. The molecule has 0 aliphatic rings. The number of ether oxygens (including phenoxy) is 4. The summed E-state index contributed by atoms with van der Waals surface area (Å²) in [6.07, 6.45) is 45.9. The van der Waals surface area contributed by atoms with E-state index < -0.39 is 97.5 Å². The fraction of sp³-hybridized carbons (Fsp3) is 0.940. The second-order valence-corrected chi connectivity index (χ2v) is 27.6. The molecule has 0 spiro atoms. The van der Waals surface area contributed by atoms with Gasteiger partial charge in [0.15, 0.2) is 12.2 Å². The maximum Gasteiger partial charge on any atom is 0.472 e. The molecule has 0 bridgehead atoms. The van der Waals surface area contributed by atoms with Gasteiger partial charge in [0.1, 0.15) is 19.3 Å². The monoisotopic (exact) mass is 1270 g/mol. The molecule has 2 unspecified atom stereocenters. The van der Waals surface area contributed by atoms with Gasteiger partial charge in [-0.3, -0.25) is 37.3 Å². The minimum Gasteiger partial charge on any atom is -0.462 e. The molecule has 0 heterocycles. The van der Waals surface area contributed by atoms with Gasteiger partial charge < -0.3 is 33.8 Å². The normalized spacial score (nSPS) is 14.2. The van der Waals surface area contributed by atoms with Crippen LogP contribution in [-0.4, -0.2) is 96.7 Å². The molecule has 19 heteroatoms. The van der Waals surface area contributed by atoms with E-state index in [1.807, 2.05) is 0 Å². The summed E-state index contributed by atoms with van der Waals surface area (Å²) in [6, 6.07) is 0. The summed E-state index contributed by atoms with van der Waals surface area (Å²) in [5.74, 6) is -1.36. The van der Waals surface area contributed by atoms with E-state index in [9.17, 15) is 43.2 Å². The van der Waals surface area contributed by atoms with Crippen molar-refractivity contribution in [3.05, 3.63) is 0 Å². The number of hydrogen-bond acceptors (Lipinski definition) is 15. The highest BCUT2D eigenvalue weighted by atomic mass is 31.2. The molecule has 0 rings (SSSR count). The van der Waals surface area contributed by atoms with Crippen molar-refractivity contribution in [2.24, 2.45) is 5.92 Å². The summed E-state index contributed by atoms with van der Waals surface area (Å²) >= 11 is 0. The summed E-state index contributed by atoms with van der Waals surface area (Å²) in [5, 5.41) is 10.5. The predicted octanol–water partition coefficient (Wildman–Crippen LogP) is 19.0. The van der Waals surface area contributed by atoms with E-state index in [4.69, 9.17) is 37.0 Å². The molecule has 17 nitrogen and oxygen atoms in total. The van der Waals surface area contributed by atoms with E-state index in [0.29, 0.717) is 25.7 Å². The van der Waals surface area contributed by atoms with Gasteiger partial charge in [-0.15, -0.1) is 0 Å². The van der Waals surface area contributed by atoms with E-state index in [1.165, 1.54) is 154 Å². The van der Waals surface area contributed by atoms with Crippen LogP contribution in [0.5, 0.6) is 0 Å². The van der Waals surface area contributed by atoms with Crippen molar-refractivity contribution in [2.45, 2.75) is 361 Å². The number of carbonyl (C=O) groups excluding carboxylic acids is 4. The molecule has 5 atom stereocenters. The van der Waals surface area contributed by atoms with Crippen molar-refractivity contribution in [2.75, 3.05) is 39.6 Å². The van der Waals surface area contributed by atoms with Gasteiger partial charge >= 0.3 is 39.5 Å². The van der Waals surface area contributed by atoms with Gasteiger partial charge in [0.2, 0.25) is 0 Å². The van der Waals surface area contributed by atoms with Crippen LogP contribution in [-0.2, 0) is 65.4 Å². The molecule has 3 N–H and O–H groups in total. The van der Waals surface area contributed by atoms with E-state index >= 15 is 0 Å². The molecular weight excluding hydrogens is 1140 g/mol. The summed E-state index contributed by atoms with van der Waals surface area (Å²) < 4.78 is 68.0. The average Bonchev–Trinajstić information content (AvgIpc) is 3.62. The lowest BCUT2D eigenvalue weighted by atomic mass is 10.0. The molecule has 0 aromatic heterocycles.